The van der Waals surface area contributed by atoms with E-state index in [-0.39, 0.29) is 18.1 Å². The molecule has 14 heavy (non-hydrogen) atoms. The van der Waals surface area contributed by atoms with Gasteiger partial charge < -0.3 is 15.4 Å². The lowest BCUT2D eigenvalue weighted by molar-refractivity contribution is 0.0392. The maximum Gasteiger partial charge on any atom is 0.0607 e. The summed E-state index contributed by atoms with van der Waals surface area (Å²) in [5, 5.41) is 9.95. The molecule has 3 heteroatoms. The number of hydrogen-bond donors (Lipinski definition) is 2. The molecule has 0 saturated heterocycles. The zero-order chi connectivity index (χ0) is 9.71. The molecule has 0 amide bonds. The summed E-state index contributed by atoms with van der Waals surface area (Å²) in [6.07, 6.45) is 5.09. The first kappa shape index (κ1) is 8.50. The fourth-order valence-corrected chi connectivity index (χ4v) is 3.17. The Morgan fingerprint density at radius 2 is 2.29 bits per heavy atom. The van der Waals surface area contributed by atoms with Crippen LogP contribution in [0.15, 0.2) is 18.3 Å². The zero-order valence-electron chi connectivity index (χ0n) is 8.13. The van der Waals surface area contributed by atoms with Crippen LogP contribution in [0.1, 0.15) is 37.0 Å². The lowest BCUT2D eigenvalue weighted by atomic mass is 9.80. The Labute approximate surface area is 83.5 Å². The lowest BCUT2D eigenvalue weighted by Gasteiger charge is -2.32. The molecule has 1 saturated carbocycles. The predicted molar refractivity (Wildman–Crippen MR) is 53.7 cm³/mol. The van der Waals surface area contributed by atoms with Crippen molar-refractivity contribution in [3.63, 3.8) is 0 Å². The van der Waals surface area contributed by atoms with Crippen LogP contribution in [0.3, 0.4) is 0 Å². The number of aromatic nitrogens is 1. The number of aliphatic hydroxyl groups excluding tert-OH is 1. The minimum atomic E-state index is -0.205. The number of hydrogen-bond acceptors (Lipinski definition) is 2. The highest BCUT2D eigenvalue weighted by atomic mass is 16.3. The zero-order valence-corrected chi connectivity index (χ0v) is 8.13. The van der Waals surface area contributed by atoms with Crippen LogP contribution >= 0.6 is 0 Å². The molecule has 2 aliphatic rings. The molecule has 4 unspecified atom stereocenters. The molecule has 0 spiro atoms. The van der Waals surface area contributed by atoms with Crippen molar-refractivity contribution in [2.24, 2.45) is 11.7 Å². The molecule has 2 heterocycles. The van der Waals surface area contributed by atoms with Gasteiger partial charge in [0.15, 0.2) is 0 Å². The second-order valence-electron chi connectivity index (χ2n) is 4.51. The van der Waals surface area contributed by atoms with Gasteiger partial charge in [0.25, 0.3) is 0 Å². The Balaban J connectivity index is 2.03. The fourth-order valence-electron chi connectivity index (χ4n) is 3.17. The molecule has 3 N–H and O–H groups in total. The van der Waals surface area contributed by atoms with Crippen LogP contribution in [0.5, 0.6) is 0 Å². The molecular formula is C11H16N2O. The van der Waals surface area contributed by atoms with Gasteiger partial charge in [0, 0.05) is 23.9 Å². The van der Waals surface area contributed by atoms with Crippen LogP contribution in [0.4, 0.5) is 0 Å². The van der Waals surface area contributed by atoms with E-state index in [1.165, 1.54) is 5.69 Å². The Morgan fingerprint density at radius 1 is 1.43 bits per heavy atom. The highest BCUT2D eigenvalue weighted by molar-refractivity contribution is 5.21. The van der Waals surface area contributed by atoms with Crippen LogP contribution in [0.25, 0.3) is 0 Å². The van der Waals surface area contributed by atoms with Crippen molar-refractivity contribution in [2.75, 3.05) is 0 Å². The molecule has 3 nitrogen and oxygen atoms in total. The van der Waals surface area contributed by atoms with Gasteiger partial charge in [0.2, 0.25) is 0 Å². The van der Waals surface area contributed by atoms with Gasteiger partial charge in [0.05, 0.1) is 12.1 Å². The van der Waals surface area contributed by atoms with E-state index in [1.54, 1.807) is 0 Å². The molecule has 4 atom stereocenters. The molecule has 0 bridgehead atoms. The van der Waals surface area contributed by atoms with Crippen molar-refractivity contribution < 1.29 is 5.11 Å². The minimum Gasteiger partial charge on any atom is -0.393 e. The average molecular weight is 192 g/mol. The van der Waals surface area contributed by atoms with Crippen LogP contribution in [-0.4, -0.2) is 15.8 Å². The lowest BCUT2D eigenvalue weighted by Crippen LogP contribution is -2.34. The molecule has 1 aliphatic heterocycles. The van der Waals surface area contributed by atoms with Crippen molar-refractivity contribution in [1.82, 2.24) is 4.57 Å². The number of rotatable bonds is 0. The van der Waals surface area contributed by atoms with Crippen LogP contribution in [-0.2, 0) is 0 Å². The Kier molecular flexibility index (Phi) is 1.73. The van der Waals surface area contributed by atoms with E-state index < -0.39 is 0 Å². The number of fused-ring (bicyclic) bond motifs is 3. The number of nitrogens with two attached hydrogens (primary N) is 1. The predicted octanol–water partition coefficient (Wildman–Crippen LogP) is 1.20. The van der Waals surface area contributed by atoms with Crippen molar-refractivity contribution in [3.05, 3.63) is 24.0 Å². The van der Waals surface area contributed by atoms with Gasteiger partial charge in [0.1, 0.15) is 0 Å². The third-order valence-corrected chi connectivity index (χ3v) is 3.81. The van der Waals surface area contributed by atoms with Gasteiger partial charge >= 0.3 is 0 Å². The van der Waals surface area contributed by atoms with Gasteiger partial charge in [-0.05, 0) is 31.4 Å². The topological polar surface area (TPSA) is 51.2 Å². The van der Waals surface area contributed by atoms with E-state index >= 15 is 0 Å². The second-order valence-corrected chi connectivity index (χ2v) is 4.51. The first-order chi connectivity index (χ1) is 6.79. The first-order valence-electron chi connectivity index (χ1n) is 5.39. The summed E-state index contributed by atoms with van der Waals surface area (Å²) < 4.78 is 2.26. The van der Waals surface area contributed by atoms with E-state index in [1.807, 2.05) is 6.07 Å². The van der Waals surface area contributed by atoms with E-state index in [4.69, 9.17) is 5.73 Å². The summed E-state index contributed by atoms with van der Waals surface area (Å²) >= 11 is 0. The third-order valence-electron chi connectivity index (χ3n) is 3.81. The largest absolute Gasteiger partial charge is 0.393 e. The van der Waals surface area contributed by atoms with Gasteiger partial charge in [-0.3, -0.25) is 0 Å². The maximum absolute atomic E-state index is 9.95. The first-order valence-corrected chi connectivity index (χ1v) is 5.39. The highest BCUT2D eigenvalue weighted by Crippen LogP contribution is 2.46. The molecule has 1 aromatic rings. The van der Waals surface area contributed by atoms with Crippen molar-refractivity contribution in [1.29, 1.82) is 0 Å². The number of aliphatic hydroxyl groups is 1. The summed E-state index contributed by atoms with van der Waals surface area (Å²) in [7, 11) is 0. The third kappa shape index (κ3) is 0.940. The normalized spacial score (nSPS) is 40.7. The summed E-state index contributed by atoms with van der Waals surface area (Å²) in [5.41, 5.74) is 7.35. The average Bonchev–Trinajstić information content (AvgIpc) is 2.71. The van der Waals surface area contributed by atoms with Crippen molar-refractivity contribution in [3.8, 4) is 0 Å². The summed E-state index contributed by atoms with van der Waals surface area (Å²) in [4.78, 5) is 0. The Bertz CT molecular complexity index is 347. The quantitative estimate of drug-likeness (QED) is 0.649. The van der Waals surface area contributed by atoms with Crippen LogP contribution in [0.2, 0.25) is 0 Å². The molecule has 76 valence electrons. The van der Waals surface area contributed by atoms with E-state index in [0.29, 0.717) is 6.04 Å². The SMILES string of the molecule is NC1c2cccn2C2CCCC(O)C12. The monoisotopic (exact) mass is 192 g/mol. The van der Waals surface area contributed by atoms with Gasteiger partial charge in [-0.1, -0.05) is 0 Å². The van der Waals surface area contributed by atoms with Crippen molar-refractivity contribution >= 4 is 0 Å². The Hall–Kier alpha value is -0.800. The second kappa shape index (κ2) is 2.84. The Morgan fingerprint density at radius 3 is 3.14 bits per heavy atom. The van der Waals surface area contributed by atoms with Gasteiger partial charge in [-0.25, -0.2) is 0 Å². The van der Waals surface area contributed by atoms with Gasteiger partial charge in [-0.15, -0.1) is 0 Å². The molecule has 1 fully saturated rings. The molecule has 1 aliphatic carbocycles. The summed E-state index contributed by atoms with van der Waals surface area (Å²) in [6, 6.07) is 4.60. The highest BCUT2D eigenvalue weighted by Gasteiger charge is 2.44. The van der Waals surface area contributed by atoms with Crippen LogP contribution < -0.4 is 5.73 Å². The summed E-state index contributed by atoms with van der Waals surface area (Å²) in [6.45, 7) is 0. The summed E-state index contributed by atoms with van der Waals surface area (Å²) in [5.74, 6) is 0.250. The minimum absolute atomic E-state index is 0.0327. The molecule has 0 radical (unpaired) electrons. The molecular weight excluding hydrogens is 176 g/mol. The van der Waals surface area contributed by atoms with Crippen LogP contribution in [0, 0.1) is 5.92 Å². The smallest absolute Gasteiger partial charge is 0.0607 e. The van der Waals surface area contributed by atoms with E-state index in [2.05, 4.69) is 16.8 Å². The molecule has 1 aromatic heterocycles. The van der Waals surface area contributed by atoms with E-state index in [0.717, 1.165) is 19.3 Å². The molecule has 0 aromatic carbocycles. The van der Waals surface area contributed by atoms with Crippen molar-refractivity contribution in [2.45, 2.75) is 37.5 Å². The van der Waals surface area contributed by atoms with Gasteiger partial charge in [-0.2, -0.15) is 0 Å². The number of nitrogens with zero attached hydrogens (tertiary/aromatic N) is 1. The molecule has 3 rings (SSSR count). The standard InChI is InChI=1S/C11H16N2O/c12-11-8-4-2-6-13(8)7-3-1-5-9(14)10(7)11/h2,4,6-7,9-11,14H,1,3,5,12H2. The van der Waals surface area contributed by atoms with E-state index in [9.17, 15) is 5.11 Å². The maximum atomic E-state index is 9.95. The fraction of sp³-hybridized carbons (Fsp3) is 0.636.